The molecule has 0 aromatic rings. The van der Waals surface area contributed by atoms with Crippen LogP contribution in [0.2, 0.25) is 0 Å². The monoisotopic (exact) mass is 215 g/mol. The fourth-order valence-electron chi connectivity index (χ4n) is 1.32. The van der Waals surface area contributed by atoms with E-state index in [9.17, 15) is 9.59 Å². The van der Waals surface area contributed by atoms with Crippen molar-refractivity contribution in [3.05, 3.63) is 0 Å². The van der Waals surface area contributed by atoms with Crippen LogP contribution in [0.5, 0.6) is 0 Å². The van der Waals surface area contributed by atoms with Crippen LogP contribution in [0.1, 0.15) is 19.8 Å². The first kappa shape index (κ1) is 12.0. The fraction of sp³-hybridized carbons (Fsp3) is 0.800. The maximum absolute atomic E-state index is 11.5. The van der Waals surface area contributed by atoms with Gasteiger partial charge >= 0.3 is 6.09 Å². The largest absolute Gasteiger partial charge is 0.449 e. The first-order valence-corrected chi connectivity index (χ1v) is 5.26. The van der Waals surface area contributed by atoms with Crippen molar-refractivity contribution < 1.29 is 19.1 Å². The Hall–Kier alpha value is -1.10. The van der Waals surface area contributed by atoms with E-state index < -0.39 is 6.10 Å². The SMILES string of the molecule is CCCCOC(=O)N1CCOC(C=O)C1. The van der Waals surface area contributed by atoms with Gasteiger partial charge in [-0.2, -0.15) is 0 Å². The number of hydrogen-bond acceptors (Lipinski definition) is 4. The minimum atomic E-state index is -0.502. The molecule has 15 heavy (non-hydrogen) atoms. The first-order valence-electron chi connectivity index (χ1n) is 5.26. The average Bonchev–Trinajstić information content (AvgIpc) is 2.29. The lowest BCUT2D eigenvalue weighted by Gasteiger charge is -2.29. The van der Waals surface area contributed by atoms with Crippen LogP contribution in [0.15, 0.2) is 0 Å². The van der Waals surface area contributed by atoms with Crippen LogP contribution in [-0.4, -0.2) is 49.7 Å². The molecule has 0 bridgehead atoms. The molecule has 0 aromatic heterocycles. The van der Waals surface area contributed by atoms with E-state index in [1.807, 2.05) is 6.92 Å². The molecule has 1 saturated heterocycles. The molecule has 0 N–H and O–H groups in total. The number of carbonyl (C=O) groups is 2. The molecule has 1 atom stereocenters. The second-order valence-electron chi connectivity index (χ2n) is 3.46. The minimum Gasteiger partial charge on any atom is -0.449 e. The molecule has 1 aliphatic heterocycles. The number of morpholine rings is 1. The number of carbonyl (C=O) groups excluding carboxylic acids is 2. The zero-order chi connectivity index (χ0) is 11.1. The van der Waals surface area contributed by atoms with Crippen molar-refractivity contribution in [2.24, 2.45) is 0 Å². The third-order valence-electron chi connectivity index (χ3n) is 2.23. The van der Waals surface area contributed by atoms with E-state index in [1.165, 1.54) is 4.90 Å². The Balaban J connectivity index is 2.28. The molecule has 5 nitrogen and oxygen atoms in total. The Bertz CT molecular complexity index is 219. The molecule has 1 fully saturated rings. The van der Waals surface area contributed by atoms with Crippen molar-refractivity contribution in [3.63, 3.8) is 0 Å². The lowest BCUT2D eigenvalue weighted by molar-refractivity contribution is -0.122. The highest BCUT2D eigenvalue weighted by Gasteiger charge is 2.24. The van der Waals surface area contributed by atoms with E-state index in [-0.39, 0.29) is 6.09 Å². The molecular weight excluding hydrogens is 198 g/mol. The van der Waals surface area contributed by atoms with Crippen LogP contribution in [0, 0.1) is 0 Å². The van der Waals surface area contributed by atoms with Gasteiger partial charge < -0.3 is 19.2 Å². The van der Waals surface area contributed by atoms with Gasteiger partial charge in [0.05, 0.1) is 19.8 Å². The van der Waals surface area contributed by atoms with Gasteiger partial charge in [0.15, 0.2) is 6.29 Å². The summed E-state index contributed by atoms with van der Waals surface area (Å²) in [6.07, 6.45) is 1.72. The van der Waals surface area contributed by atoms with Gasteiger partial charge in [-0.25, -0.2) is 4.79 Å². The molecule has 86 valence electrons. The predicted octanol–water partition coefficient (Wildman–Crippen LogP) is 0.823. The molecular formula is C10H17NO4. The second-order valence-corrected chi connectivity index (χ2v) is 3.46. The molecule has 0 aromatic carbocycles. The van der Waals surface area contributed by atoms with Gasteiger partial charge in [0.25, 0.3) is 0 Å². The Morgan fingerprint density at radius 2 is 2.47 bits per heavy atom. The summed E-state index contributed by atoms with van der Waals surface area (Å²) in [5, 5.41) is 0. The molecule has 5 heteroatoms. The van der Waals surface area contributed by atoms with Crippen LogP contribution in [0.3, 0.4) is 0 Å². The Labute approximate surface area is 89.3 Å². The summed E-state index contributed by atoms with van der Waals surface area (Å²) in [6, 6.07) is 0. The van der Waals surface area contributed by atoms with Gasteiger partial charge in [-0.15, -0.1) is 0 Å². The Morgan fingerprint density at radius 3 is 3.13 bits per heavy atom. The van der Waals surface area contributed by atoms with Crippen molar-refractivity contribution in [1.29, 1.82) is 0 Å². The van der Waals surface area contributed by atoms with E-state index >= 15 is 0 Å². The second kappa shape index (κ2) is 6.40. The highest BCUT2D eigenvalue weighted by atomic mass is 16.6. The number of aldehydes is 1. The molecule has 0 saturated carbocycles. The number of nitrogens with zero attached hydrogens (tertiary/aromatic N) is 1. The number of ether oxygens (including phenoxy) is 2. The smallest absolute Gasteiger partial charge is 0.409 e. The zero-order valence-corrected chi connectivity index (χ0v) is 8.98. The predicted molar refractivity (Wildman–Crippen MR) is 53.6 cm³/mol. The average molecular weight is 215 g/mol. The van der Waals surface area contributed by atoms with Gasteiger partial charge in [-0.05, 0) is 6.42 Å². The molecule has 1 rings (SSSR count). The maximum Gasteiger partial charge on any atom is 0.409 e. The Morgan fingerprint density at radius 1 is 1.67 bits per heavy atom. The lowest BCUT2D eigenvalue weighted by Crippen LogP contribution is -2.46. The molecule has 0 spiro atoms. The van der Waals surface area contributed by atoms with E-state index in [2.05, 4.69) is 0 Å². The van der Waals surface area contributed by atoms with Crippen LogP contribution < -0.4 is 0 Å². The van der Waals surface area contributed by atoms with Crippen LogP contribution >= 0.6 is 0 Å². The molecule has 1 amide bonds. The third-order valence-corrected chi connectivity index (χ3v) is 2.23. The van der Waals surface area contributed by atoms with E-state index in [0.29, 0.717) is 32.6 Å². The van der Waals surface area contributed by atoms with Gasteiger partial charge in [-0.1, -0.05) is 13.3 Å². The van der Waals surface area contributed by atoms with Crippen molar-refractivity contribution in [2.75, 3.05) is 26.3 Å². The highest BCUT2D eigenvalue weighted by molar-refractivity contribution is 5.69. The van der Waals surface area contributed by atoms with Gasteiger partial charge in [0.2, 0.25) is 0 Å². The van der Waals surface area contributed by atoms with Crippen molar-refractivity contribution in [2.45, 2.75) is 25.9 Å². The summed E-state index contributed by atoms with van der Waals surface area (Å²) in [5.41, 5.74) is 0. The minimum absolute atomic E-state index is 0.300. The summed E-state index contributed by atoms with van der Waals surface area (Å²) < 4.78 is 10.1. The number of rotatable bonds is 4. The summed E-state index contributed by atoms with van der Waals surface area (Å²) in [7, 11) is 0. The summed E-state index contributed by atoms with van der Waals surface area (Å²) in [5.74, 6) is 0. The van der Waals surface area contributed by atoms with Gasteiger partial charge in [-0.3, -0.25) is 0 Å². The number of unbranched alkanes of at least 4 members (excludes halogenated alkanes) is 1. The zero-order valence-electron chi connectivity index (χ0n) is 8.98. The molecule has 0 aliphatic carbocycles. The summed E-state index contributed by atoms with van der Waals surface area (Å²) in [6.45, 7) is 3.67. The van der Waals surface area contributed by atoms with Crippen LogP contribution in [0.4, 0.5) is 4.79 Å². The van der Waals surface area contributed by atoms with Crippen LogP contribution in [0.25, 0.3) is 0 Å². The Kier molecular flexibility index (Phi) is 5.10. The quantitative estimate of drug-likeness (QED) is 0.514. The number of amides is 1. The molecule has 0 radical (unpaired) electrons. The summed E-state index contributed by atoms with van der Waals surface area (Å²) >= 11 is 0. The third kappa shape index (κ3) is 3.87. The van der Waals surface area contributed by atoms with Crippen molar-refractivity contribution >= 4 is 12.4 Å². The number of hydrogen-bond donors (Lipinski definition) is 0. The van der Waals surface area contributed by atoms with Crippen molar-refractivity contribution in [1.82, 2.24) is 4.90 Å². The fourth-order valence-corrected chi connectivity index (χ4v) is 1.32. The summed E-state index contributed by atoms with van der Waals surface area (Å²) in [4.78, 5) is 23.5. The van der Waals surface area contributed by atoms with Gasteiger partial charge in [0, 0.05) is 6.54 Å². The lowest BCUT2D eigenvalue weighted by atomic mass is 10.3. The van der Waals surface area contributed by atoms with Gasteiger partial charge in [0.1, 0.15) is 6.10 Å². The van der Waals surface area contributed by atoms with E-state index in [0.717, 1.165) is 12.8 Å². The molecule has 1 aliphatic rings. The van der Waals surface area contributed by atoms with E-state index in [4.69, 9.17) is 9.47 Å². The normalized spacial score (nSPS) is 21.1. The van der Waals surface area contributed by atoms with Crippen molar-refractivity contribution in [3.8, 4) is 0 Å². The maximum atomic E-state index is 11.5. The van der Waals surface area contributed by atoms with E-state index in [1.54, 1.807) is 0 Å². The molecule has 1 unspecified atom stereocenters. The topological polar surface area (TPSA) is 55.8 Å². The highest BCUT2D eigenvalue weighted by Crippen LogP contribution is 2.05. The standard InChI is InChI=1S/C10H17NO4/c1-2-3-5-15-10(13)11-4-6-14-9(7-11)8-12/h8-9H,2-7H2,1H3. The first-order chi connectivity index (χ1) is 7.27. The molecule has 1 heterocycles. The van der Waals surface area contributed by atoms with Crippen LogP contribution in [-0.2, 0) is 14.3 Å².